The molecule has 0 saturated carbocycles. The number of carbonyl (C=O) groups is 1. The maximum Gasteiger partial charge on any atom is 0.306 e. The van der Waals surface area contributed by atoms with Gasteiger partial charge >= 0.3 is 5.97 Å². The first-order valence-corrected chi connectivity index (χ1v) is 13.5. The van der Waals surface area contributed by atoms with Crippen molar-refractivity contribution in [2.75, 3.05) is 26.3 Å². The largest absolute Gasteiger partial charge is 0.466 e. The highest BCUT2D eigenvalue weighted by Gasteiger charge is 2.27. The smallest absolute Gasteiger partial charge is 0.306 e. The molecule has 0 amide bonds. The van der Waals surface area contributed by atoms with E-state index in [1.807, 2.05) is 25.1 Å². The van der Waals surface area contributed by atoms with Gasteiger partial charge in [-0.1, -0.05) is 42.3 Å². The Morgan fingerprint density at radius 3 is 2.72 bits per heavy atom. The molecule has 3 atom stereocenters. The Morgan fingerprint density at radius 2 is 2.00 bits per heavy atom. The molecular weight excluding hydrogens is 504 g/mol. The van der Waals surface area contributed by atoms with Crippen LogP contribution in [0.1, 0.15) is 62.3 Å². The van der Waals surface area contributed by atoms with Crippen LogP contribution >= 0.6 is 23.2 Å². The summed E-state index contributed by atoms with van der Waals surface area (Å²) in [7, 11) is 0. The van der Waals surface area contributed by atoms with Crippen LogP contribution in [0.3, 0.4) is 0 Å². The second-order valence-corrected chi connectivity index (χ2v) is 10.1. The van der Waals surface area contributed by atoms with Gasteiger partial charge in [-0.3, -0.25) is 9.69 Å². The van der Waals surface area contributed by atoms with Crippen molar-refractivity contribution >= 4 is 29.2 Å². The molecule has 3 rings (SSSR count). The predicted octanol–water partition coefficient (Wildman–Crippen LogP) is 6.16. The Bertz CT molecular complexity index is 1010. The highest BCUT2D eigenvalue weighted by molar-refractivity contribution is 6.42. The molecule has 0 radical (unpaired) electrons. The topological polar surface area (TPSA) is 59.0 Å². The number of hydrogen-bond donors (Lipinski definition) is 1. The van der Waals surface area contributed by atoms with Gasteiger partial charge in [-0.05, 0) is 86.5 Å². The van der Waals surface area contributed by atoms with Crippen molar-refractivity contribution in [3.05, 3.63) is 69.0 Å². The fourth-order valence-electron chi connectivity index (χ4n) is 4.85. The van der Waals surface area contributed by atoms with E-state index >= 15 is 0 Å². The third kappa shape index (κ3) is 8.42. The van der Waals surface area contributed by atoms with Crippen molar-refractivity contribution in [2.24, 2.45) is 0 Å². The van der Waals surface area contributed by atoms with E-state index in [1.165, 1.54) is 12.1 Å². The molecule has 36 heavy (non-hydrogen) atoms. The zero-order valence-corrected chi connectivity index (χ0v) is 22.5. The number of benzene rings is 2. The molecule has 0 bridgehead atoms. The van der Waals surface area contributed by atoms with E-state index in [4.69, 9.17) is 32.7 Å². The lowest BCUT2D eigenvalue weighted by molar-refractivity contribution is -0.143. The molecular formula is C28H36Cl2FNO4. The number of ether oxygens (including phenoxy) is 2. The second kappa shape index (κ2) is 14.3. The standard InChI is InChI=1S/C28H36Cl2FNO4/c1-3-27(24-16-21(31)10-8-20(24)9-12-28(34)35-4-2)36-18-23(33)17-32-13-5-6-22(32)14-19-7-11-25(29)26(30)15-19/h7-8,10-11,15-16,22-23,27,33H,3-6,9,12-14,17-18H2,1-2H3/t22-,23+,27+/m0/s1. The molecule has 0 spiro atoms. The quantitative estimate of drug-likeness (QED) is 0.308. The summed E-state index contributed by atoms with van der Waals surface area (Å²) in [6.45, 7) is 5.63. The zero-order valence-electron chi connectivity index (χ0n) is 21.0. The van der Waals surface area contributed by atoms with Crippen molar-refractivity contribution in [1.29, 1.82) is 0 Å². The van der Waals surface area contributed by atoms with Crippen molar-refractivity contribution < 1.29 is 23.8 Å². The van der Waals surface area contributed by atoms with Crippen LogP contribution in [0.2, 0.25) is 10.0 Å². The molecule has 0 aliphatic carbocycles. The van der Waals surface area contributed by atoms with Gasteiger partial charge in [0, 0.05) is 19.0 Å². The van der Waals surface area contributed by atoms with Gasteiger partial charge in [-0.15, -0.1) is 0 Å². The molecule has 1 aliphatic rings. The Hall–Kier alpha value is -1.70. The molecule has 1 heterocycles. The van der Waals surface area contributed by atoms with E-state index in [9.17, 15) is 14.3 Å². The Kier molecular flexibility index (Phi) is 11.5. The van der Waals surface area contributed by atoms with E-state index < -0.39 is 6.10 Å². The number of halogens is 3. The fraction of sp³-hybridized carbons (Fsp3) is 0.536. The predicted molar refractivity (Wildman–Crippen MR) is 141 cm³/mol. The number of rotatable bonds is 13. The summed E-state index contributed by atoms with van der Waals surface area (Å²) in [5, 5.41) is 11.9. The van der Waals surface area contributed by atoms with Gasteiger partial charge < -0.3 is 14.6 Å². The van der Waals surface area contributed by atoms with Crippen LogP contribution in [0.15, 0.2) is 36.4 Å². The van der Waals surface area contributed by atoms with E-state index in [1.54, 1.807) is 13.0 Å². The second-order valence-electron chi connectivity index (χ2n) is 9.28. The Labute approximate surface area is 223 Å². The van der Waals surface area contributed by atoms with Crippen molar-refractivity contribution in [3.63, 3.8) is 0 Å². The average Bonchev–Trinajstić information content (AvgIpc) is 3.27. The first-order chi connectivity index (χ1) is 17.3. The van der Waals surface area contributed by atoms with Crippen LogP contribution in [-0.4, -0.2) is 54.4 Å². The minimum absolute atomic E-state index is 0.141. The Balaban J connectivity index is 1.57. The van der Waals surface area contributed by atoms with Gasteiger partial charge in [0.15, 0.2) is 0 Å². The average molecular weight is 541 g/mol. The van der Waals surface area contributed by atoms with Crippen LogP contribution < -0.4 is 0 Å². The van der Waals surface area contributed by atoms with Crippen molar-refractivity contribution in [2.45, 2.75) is 70.6 Å². The van der Waals surface area contributed by atoms with Gasteiger partial charge in [-0.25, -0.2) is 4.39 Å². The molecule has 5 nitrogen and oxygen atoms in total. The minimum Gasteiger partial charge on any atom is -0.466 e. The molecule has 198 valence electrons. The normalized spacial score (nSPS) is 17.8. The lowest BCUT2D eigenvalue weighted by Gasteiger charge is -2.28. The molecule has 1 fully saturated rings. The van der Waals surface area contributed by atoms with Crippen molar-refractivity contribution in [1.82, 2.24) is 4.90 Å². The van der Waals surface area contributed by atoms with Gasteiger partial charge in [0.1, 0.15) is 5.82 Å². The summed E-state index contributed by atoms with van der Waals surface area (Å²) in [5.74, 6) is -0.632. The highest BCUT2D eigenvalue weighted by Crippen LogP contribution is 2.29. The third-order valence-electron chi connectivity index (χ3n) is 6.62. The van der Waals surface area contributed by atoms with E-state index in [0.29, 0.717) is 47.6 Å². The molecule has 0 unspecified atom stereocenters. The number of likely N-dealkylation sites (tertiary alicyclic amines) is 1. The minimum atomic E-state index is -0.676. The maximum atomic E-state index is 14.1. The lowest BCUT2D eigenvalue weighted by atomic mass is 9.97. The first kappa shape index (κ1) is 28.9. The molecule has 2 aromatic rings. The summed E-state index contributed by atoms with van der Waals surface area (Å²) in [4.78, 5) is 14.1. The SMILES string of the molecule is CCOC(=O)CCc1ccc(F)cc1[C@@H](CC)OC[C@H](O)CN1CCC[C@H]1Cc1ccc(Cl)c(Cl)c1. The van der Waals surface area contributed by atoms with Crippen molar-refractivity contribution in [3.8, 4) is 0 Å². The van der Waals surface area contributed by atoms with Crippen LogP contribution in [0.5, 0.6) is 0 Å². The molecule has 2 aromatic carbocycles. The highest BCUT2D eigenvalue weighted by atomic mass is 35.5. The summed E-state index contributed by atoms with van der Waals surface area (Å²) in [6, 6.07) is 10.6. The number of nitrogens with zero attached hydrogens (tertiary/aromatic N) is 1. The lowest BCUT2D eigenvalue weighted by Crippen LogP contribution is -2.39. The van der Waals surface area contributed by atoms with Crippen LogP contribution in [0, 0.1) is 5.82 Å². The number of β-amino-alcohol motifs (C(OH)–C–C–N with tert-alkyl or cyclic N) is 1. The molecule has 8 heteroatoms. The third-order valence-corrected chi connectivity index (χ3v) is 7.36. The Morgan fingerprint density at radius 1 is 1.19 bits per heavy atom. The number of aryl methyl sites for hydroxylation is 1. The zero-order chi connectivity index (χ0) is 26.1. The van der Waals surface area contributed by atoms with Gasteiger partial charge in [0.25, 0.3) is 0 Å². The molecule has 1 aliphatic heterocycles. The van der Waals surface area contributed by atoms with Gasteiger partial charge in [-0.2, -0.15) is 0 Å². The molecule has 1 N–H and O–H groups in total. The summed E-state index contributed by atoms with van der Waals surface area (Å²) >= 11 is 12.2. The number of carbonyl (C=O) groups excluding carboxylic acids is 1. The number of aliphatic hydroxyl groups is 1. The molecule has 0 aromatic heterocycles. The summed E-state index contributed by atoms with van der Waals surface area (Å²) in [6.07, 6.45) is 3.20. The maximum absolute atomic E-state index is 14.1. The van der Waals surface area contributed by atoms with E-state index in [0.717, 1.165) is 36.9 Å². The number of aliphatic hydroxyl groups excluding tert-OH is 1. The van der Waals surface area contributed by atoms with E-state index in [2.05, 4.69) is 4.90 Å². The van der Waals surface area contributed by atoms with Crippen LogP contribution in [-0.2, 0) is 27.1 Å². The first-order valence-electron chi connectivity index (χ1n) is 12.7. The van der Waals surface area contributed by atoms with E-state index in [-0.39, 0.29) is 30.9 Å². The summed E-state index contributed by atoms with van der Waals surface area (Å²) < 4.78 is 25.2. The monoisotopic (exact) mass is 539 g/mol. The summed E-state index contributed by atoms with van der Waals surface area (Å²) in [5.41, 5.74) is 2.69. The molecule has 1 saturated heterocycles. The number of hydrogen-bond acceptors (Lipinski definition) is 5. The number of esters is 1. The fourth-order valence-corrected chi connectivity index (χ4v) is 5.17. The van der Waals surface area contributed by atoms with Gasteiger partial charge in [0.05, 0.1) is 35.5 Å². The van der Waals surface area contributed by atoms with Crippen LogP contribution in [0.4, 0.5) is 4.39 Å². The van der Waals surface area contributed by atoms with Crippen LogP contribution in [0.25, 0.3) is 0 Å². The van der Waals surface area contributed by atoms with Gasteiger partial charge in [0.2, 0.25) is 0 Å².